The summed E-state index contributed by atoms with van der Waals surface area (Å²) in [6.07, 6.45) is 2.59. The summed E-state index contributed by atoms with van der Waals surface area (Å²) in [4.78, 5) is 12.6. The smallest absolute Gasteiger partial charge is 0.311 e. The molecule has 1 aromatic carbocycles. The molecule has 2 saturated heterocycles. The van der Waals surface area contributed by atoms with Gasteiger partial charge in [0.25, 0.3) is 0 Å². The average Bonchev–Trinajstić information content (AvgIpc) is 2.79. The summed E-state index contributed by atoms with van der Waals surface area (Å²) in [5.41, 5.74) is 6.89. The first-order chi connectivity index (χ1) is 10.3. The van der Waals surface area contributed by atoms with Crippen molar-refractivity contribution in [3.63, 3.8) is 0 Å². The third-order valence-corrected chi connectivity index (χ3v) is 4.89. The quantitative estimate of drug-likeness (QED) is 0.823. The Morgan fingerprint density at radius 3 is 2.59 bits per heavy atom. The van der Waals surface area contributed by atoms with Gasteiger partial charge in [0.05, 0.1) is 11.5 Å². The number of piperidine rings is 1. The Hall–Kier alpha value is -1.39. The lowest BCUT2D eigenvalue weighted by molar-refractivity contribution is -0.160. The molecule has 0 aromatic heterocycles. The molecule has 2 aliphatic rings. The Balaban J connectivity index is 1.88. The number of hydrogen-bond donors (Lipinski definition) is 2. The summed E-state index contributed by atoms with van der Waals surface area (Å²) in [7, 11) is 0. The molecular weight excluding hydrogens is 276 g/mol. The van der Waals surface area contributed by atoms with Crippen LogP contribution in [0, 0.1) is 5.92 Å². The van der Waals surface area contributed by atoms with Crippen molar-refractivity contribution >= 4 is 5.97 Å². The maximum absolute atomic E-state index is 12.6. The molecule has 2 fully saturated rings. The van der Waals surface area contributed by atoms with Gasteiger partial charge in [0.2, 0.25) is 0 Å². The van der Waals surface area contributed by atoms with Crippen LogP contribution in [0.5, 0.6) is 0 Å². The minimum atomic E-state index is -0.449. The molecule has 3 N–H and O–H groups in total. The van der Waals surface area contributed by atoms with Gasteiger partial charge in [0.15, 0.2) is 0 Å². The van der Waals surface area contributed by atoms with E-state index in [1.54, 1.807) is 0 Å². The number of esters is 1. The minimum Gasteiger partial charge on any atom is -0.460 e. The van der Waals surface area contributed by atoms with Gasteiger partial charge in [-0.05, 0) is 45.6 Å². The van der Waals surface area contributed by atoms with Crippen LogP contribution in [0.4, 0.5) is 0 Å². The van der Waals surface area contributed by atoms with Gasteiger partial charge in [0.1, 0.15) is 5.60 Å². The Morgan fingerprint density at radius 1 is 1.27 bits per heavy atom. The van der Waals surface area contributed by atoms with Crippen molar-refractivity contribution in [2.45, 2.75) is 63.3 Å². The zero-order valence-corrected chi connectivity index (χ0v) is 13.6. The van der Waals surface area contributed by atoms with Crippen LogP contribution in [0.15, 0.2) is 30.3 Å². The molecule has 22 heavy (non-hydrogen) atoms. The first-order valence-electron chi connectivity index (χ1n) is 8.13. The predicted octanol–water partition coefficient (Wildman–Crippen LogP) is 2.32. The Bertz CT molecular complexity index is 552. The van der Waals surface area contributed by atoms with Gasteiger partial charge in [-0.15, -0.1) is 0 Å². The first-order valence-corrected chi connectivity index (χ1v) is 8.13. The predicted molar refractivity (Wildman–Crippen MR) is 86.2 cm³/mol. The Labute approximate surface area is 132 Å². The molecule has 2 bridgehead atoms. The largest absolute Gasteiger partial charge is 0.460 e. The second-order valence-corrected chi connectivity index (χ2v) is 7.62. The number of rotatable bonds is 2. The molecule has 3 rings (SSSR count). The van der Waals surface area contributed by atoms with Gasteiger partial charge in [0, 0.05) is 12.1 Å². The molecule has 120 valence electrons. The molecule has 0 amide bonds. The summed E-state index contributed by atoms with van der Waals surface area (Å²) in [5.74, 6) is -0.218. The summed E-state index contributed by atoms with van der Waals surface area (Å²) in [6.45, 7) is 5.74. The Morgan fingerprint density at radius 2 is 1.95 bits per heavy atom. The van der Waals surface area contributed by atoms with Crippen LogP contribution < -0.4 is 11.1 Å². The number of carbonyl (C=O) groups is 1. The first kappa shape index (κ1) is 15.5. The standard InChI is InChI=1S/C18H26N2O2/c1-17(2,3)22-16(21)13-11-18(12-7-5-4-6-8-12)15(19)10-9-14(13)20-18/h4-8,13-15,20H,9-11,19H2,1-3H3. The van der Waals surface area contributed by atoms with E-state index in [2.05, 4.69) is 17.4 Å². The van der Waals surface area contributed by atoms with Gasteiger partial charge in [-0.2, -0.15) is 0 Å². The number of hydrogen-bond acceptors (Lipinski definition) is 4. The van der Waals surface area contributed by atoms with Gasteiger partial charge >= 0.3 is 5.97 Å². The normalized spacial score (nSPS) is 34.5. The minimum absolute atomic E-state index is 0.0265. The number of carbonyl (C=O) groups excluding carboxylic acids is 1. The van der Waals surface area contributed by atoms with E-state index in [4.69, 9.17) is 10.5 Å². The van der Waals surface area contributed by atoms with Crippen LogP contribution in [-0.2, 0) is 15.1 Å². The fourth-order valence-corrected chi connectivity index (χ4v) is 3.89. The van der Waals surface area contributed by atoms with Crippen molar-refractivity contribution in [1.29, 1.82) is 0 Å². The SMILES string of the molecule is CC(C)(C)OC(=O)C1CC2(c3ccccc3)NC1CCC2N. The van der Waals surface area contributed by atoms with E-state index in [0.717, 1.165) is 19.3 Å². The van der Waals surface area contributed by atoms with Crippen LogP contribution >= 0.6 is 0 Å². The fraction of sp³-hybridized carbons (Fsp3) is 0.611. The van der Waals surface area contributed by atoms with E-state index in [1.165, 1.54) is 5.56 Å². The summed E-state index contributed by atoms with van der Waals surface area (Å²) in [5, 5.41) is 3.66. The highest BCUT2D eigenvalue weighted by atomic mass is 16.6. The highest BCUT2D eigenvalue weighted by molar-refractivity contribution is 5.75. The number of fused-ring (bicyclic) bond motifs is 2. The summed E-state index contributed by atoms with van der Waals surface area (Å²) >= 11 is 0. The third kappa shape index (κ3) is 2.66. The van der Waals surface area contributed by atoms with Gasteiger partial charge in [-0.3, -0.25) is 4.79 Å². The monoisotopic (exact) mass is 302 g/mol. The van der Waals surface area contributed by atoms with Gasteiger partial charge in [-0.1, -0.05) is 30.3 Å². The molecule has 4 unspecified atom stereocenters. The summed E-state index contributed by atoms with van der Waals surface area (Å²) in [6, 6.07) is 10.5. The zero-order valence-electron chi connectivity index (χ0n) is 13.6. The van der Waals surface area contributed by atoms with Crippen molar-refractivity contribution in [2.24, 2.45) is 11.7 Å². The highest BCUT2D eigenvalue weighted by Gasteiger charge is 2.55. The summed E-state index contributed by atoms with van der Waals surface area (Å²) < 4.78 is 5.63. The van der Waals surface area contributed by atoms with Crippen molar-refractivity contribution in [1.82, 2.24) is 5.32 Å². The second-order valence-electron chi connectivity index (χ2n) is 7.62. The van der Waals surface area contributed by atoms with E-state index in [-0.39, 0.29) is 29.5 Å². The van der Waals surface area contributed by atoms with Crippen molar-refractivity contribution in [3.05, 3.63) is 35.9 Å². The van der Waals surface area contributed by atoms with Crippen molar-refractivity contribution in [3.8, 4) is 0 Å². The maximum Gasteiger partial charge on any atom is 0.311 e. The van der Waals surface area contributed by atoms with Crippen molar-refractivity contribution in [2.75, 3.05) is 0 Å². The molecule has 1 aromatic rings. The number of nitrogens with one attached hydrogen (secondary N) is 1. The van der Waals surface area contributed by atoms with Crippen LogP contribution in [0.3, 0.4) is 0 Å². The number of benzene rings is 1. The van der Waals surface area contributed by atoms with Crippen molar-refractivity contribution < 1.29 is 9.53 Å². The van der Waals surface area contributed by atoms with E-state index in [0.29, 0.717) is 0 Å². The molecule has 2 aliphatic heterocycles. The molecule has 0 saturated carbocycles. The molecule has 4 heteroatoms. The van der Waals surface area contributed by atoms with Gasteiger partial charge < -0.3 is 15.8 Å². The molecule has 4 nitrogen and oxygen atoms in total. The van der Waals surface area contributed by atoms with Crippen LogP contribution in [-0.4, -0.2) is 23.7 Å². The van der Waals surface area contributed by atoms with Crippen LogP contribution in [0.25, 0.3) is 0 Å². The van der Waals surface area contributed by atoms with E-state index in [9.17, 15) is 4.79 Å². The van der Waals surface area contributed by atoms with E-state index < -0.39 is 5.60 Å². The molecule has 0 radical (unpaired) electrons. The molecule has 2 heterocycles. The van der Waals surface area contributed by atoms with E-state index in [1.807, 2.05) is 39.0 Å². The maximum atomic E-state index is 12.6. The van der Waals surface area contributed by atoms with Crippen LogP contribution in [0.1, 0.15) is 45.6 Å². The fourth-order valence-electron chi connectivity index (χ4n) is 3.89. The highest BCUT2D eigenvalue weighted by Crippen LogP contribution is 2.45. The lowest BCUT2D eigenvalue weighted by atomic mass is 9.79. The van der Waals surface area contributed by atoms with Crippen LogP contribution in [0.2, 0.25) is 0 Å². The third-order valence-electron chi connectivity index (χ3n) is 4.89. The number of nitrogens with two attached hydrogens (primary N) is 1. The Kier molecular flexibility index (Phi) is 3.77. The van der Waals surface area contributed by atoms with E-state index >= 15 is 0 Å². The lowest BCUT2D eigenvalue weighted by Gasteiger charge is -2.40. The lowest BCUT2D eigenvalue weighted by Crippen LogP contribution is -2.57. The topological polar surface area (TPSA) is 64.3 Å². The molecule has 4 atom stereocenters. The second kappa shape index (κ2) is 5.36. The molecule has 0 spiro atoms. The number of ether oxygens (including phenoxy) is 1. The average molecular weight is 302 g/mol. The van der Waals surface area contributed by atoms with Gasteiger partial charge in [-0.25, -0.2) is 0 Å². The molecular formula is C18H26N2O2. The molecule has 0 aliphatic carbocycles. The zero-order chi connectivity index (χ0) is 16.0.